The molecule has 77 heavy (non-hydrogen) atoms. The topological polar surface area (TPSA) is 78.9 Å². The van der Waals surface area contributed by atoms with Crippen molar-refractivity contribution in [2.45, 2.75) is 232 Å². The van der Waals surface area contributed by atoms with Crippen LogP contribution in [-0.4, -0.2) is 37.2 Å². The van der Waals surface area contributed by atoms with Crippen LogP contribution in [0.5, 0.6) is 0 Å². The Labute approximate surface area is 472 Å². The molecule has 0 radical (unpaired) electrons. The average Bonchev–Trinajstić information content (AvgIpc) is 3.43. The number of ether oxygens (including phenoxy) is 3. The Morgan fingerprint density at radius 3 is 0.779 bits per heavy atom. The average molecular weight is 1060 g/mol. The van der Waals surface area contributed by atoms with Crippen molar-refractivity contribution in [2.75, 3.05) is 13.2 Å². The summed E-state index contributed by atoms with van der Waals surface area (Å²) in [5.74, 6) is -1.04. The van der Waals surface area contributed by atoms with E-state index < -0.39 is 6.10 Å². The van der Waals surface area contributed by atoms with Gasteiger partial charge in [0.1, 0.15) is 13.2 Å². The number of unbranched alkanes of at least 4 members (excludes halogenated alkanes) is 11. The highest BCUT2D eigenvalue weighted by atomic mass is 16.6. The first-order valence-electron chi connectivity index (χ1n) is 30.3. The van der Waals surface area contributed by atoms with Gasteiger partial charge in [0.25, 0.3) is 0 Å². The van der Waals surface area contributed by atoms with E-state index in [2.05, 4.69) is 203 Å². The number of hydrogen-bond donors (Lipinski definition) is 0. The molecule has 0 aliphatic rings. The van der Waals surface area contributed by atoms with Crippen molar-refractivity contribution < 1.29 is 28.6 Å². The summed E-state index contributed by atoms with van der Waals surface area (Å²) in [5.41, 5.74) is 0. The van der Waals surface area contributed by atoms with Crippen LogP contribution in [0.15, 0.2) is 182 Å². The van der Waals surface area contributed by atoms with Gasteiger partial charge in [-0.1, -0.05) is 242 Å². The molecule has 6 nitrogen and oxygen atoms in total. The van der Waals surface area contributed by atoms with E-state index >= 15 is 0 Å². The van der Waals surface area contributed by atoms with Gasteiger partial charge in [-0.15, -0.1) is 0 Å². The van der Waals surface area contributed by atoms with Gasteiger partial charge in [0.2, 0.25) is 0 Å². The monoisotopic (exact) mass is 1060 g/mol. The smallest absolute Gasteiger partial charge is 0.306 e. The molecular weight excluding hydrogens is 949 g/mol. The molecule has 0 amide bonds. The summed E-state index contributed by atoms with van der Waals surface area (Å²) in [4.78, 5) is 38.3. The van der Waals surface area contributed by atoms with Crippen molar-refractivity contribution in [2.24, 2.45) is 0 Å². The number of esters is 3. The lowest BCUT2D eigenvalue weighted by molar-refractivity contribution is -0.167. The quantitative estimate of drug-likeness (QED) is 0.0261. The van der Waals surface area contributed by atoms with Crippen LogP contribution in [-0.2, 0) is 28.6 Å². The molecule has 0 aromatic carbocycles. The van der Waals surface area contributed by atoms with Gasteiger partial charge in [-0.05, 0) is 148 Å². The molecule has 428 valence electrons. The van der Waals surface area contributed by atoms with Gasteiger partial charge < -0.3 is 14.2 Å². The number of allylic oxidation sites excluding steroid dienone is 30. The largest absolute Gasteiger partial charge is 0.462 e. The Kier molecular flexibility index (Phi) is 58.6. The summed E-state index contributed by atoms with van der Waals surface area (Å²) in [6, 6.07) is 0. The minimum atomic E-state index is -0.838. The van der Waals surface area contributed by atoms with Gasteiger partial charge in [0.15, 0.2) is 6.10 Å². The molecule has 0 saturated carbocycles. The van der Waals surface area contributed by atoms with E-state index in [0.717, 1.165) is 154 Å². The fourth-order valence-electron chi connectivity index (χ4n) is 7.47. The minimum absolute atomic E-state index is 0.126. The lowest BCUT2D eigenvalue weighted by Crippen LogP contribution is -2.30. The van der Waals surface area contributed by atoms with Crippen molar-refractivity contribution in [1.29, 1.82) is 0 Å². The summed E-state index contributed by atoms with van der Waals surface area (Å²) < 4.78 is 16.8. The highest BCUT2D eigenvalue weighted by Gasteiger charge is 2.19. The van der Waals surface area contributed by atoms with Gasteiger partial charge in [-0.25, -0.2) is 0 Å². The van der Waals surface area contributed by atoms with Crippen LogP contribution in [0.2, 0.25) is 0 Å². The molecular formula is C71H108O6. The van der Waals surface area contributed by atoms with Crippen molar-refractivity contribution in [3.8, 4) is 0 Å². The normalized spacial score (nSPS) is 13.4. The van der Waals surface area contributed by atoms with E-state index in [1.807, 2.05) is 0 Å². The van der Waals surface area contributed by atoms with Crippen molar-refractivity contribution in [3.63, 3.8) is 0 Å². The maximum atomic E-state index is 12.9. The molecule has 0 aliphatic heterocycles. The molecule has 1 atom stereocenters. The Morgan fingerprint density at radius 1 is 0.260 bits per heavy atom. The lowest BCUT2D eigenvalue weighted by Gasteiger charge is -2.18. The first kappa shape index (κ1) is 71.5. The number of carbonyl (C=O) groups excluding carboxylic acids is 3. The van der Waals surface area contributed by atoms with E-state index in [4.69, 9.17) is 14.2 Å². The predicted molar refractivity (Wildman–Crippen MR) is 334 cm³/mol. The van der Waals surface area contributed by atoms with E-state index in [0.29, 0.717) is 19.3 Å². The molecule has 6 heteroatoms. The molecule has 0 aromatic rings. The zero-order valence-electron chi connectivity index (χ0n) is 48.9. The van der Waals surface area contributed by atoms with E-state index in [9.17, 15) is 14.4 Å². The first-order chi connectivity index (χ1) is 38.0. The van der Waals surface area contributed by atoms with Crippen LogP contribution < -0.4 is 0 Å². The van der Waals surface area contributed by atoms with Crippen LogP contribution in [0.3, 0.4) is 0 Å². The second kappa shape index (κ2) is 63.0. The molecule has 0 saturated heterocycles. The maximum Gasteiger partial charge on any atom is 0.306 e. The zero-order valence-corrected chi connectivity index (χ0v) is 48.9. The molecule has 0 aliphatic carbocycles. The molecule has 0 rings (SSSR count). The summed E-state index contributed by atoms with van der Waals surface area (Å²) in [6.07, 6.45) is 94.6. The Bertz CT molecular complexity index is 1840. The predicted octanol–water partition coefficient (Wildman–Crippen LogP) is 20.9. The summed E-state index contributed by atoms with van der Waals surface area (Å²) >= 11 is 0. The molecule has 0 aromatic heterocycles. The summed E-state index contributed by atoms with van der Waals surface area (Å²) in [6.45, 7) is 6.20. The van der Waals surface area contributed by atoms with Gasteiger partial charge in [0, 0.05) is 19.3 Å². The number of rotatable bonds is 52. The minimum Gasteiger partial charge on any atom is -0.462 e. The van der Waals surface area contributed by atoms with Gasteiger partial charge in [-0.2, -0.15) is 0 Å². The fraction of sp³-hybridized carbons (Fsp3) is 0.535. The number of hydrogen-bond acceptors (Lipinski definition) is 6. The molecule has 0 heterocycles. The van der Waals surface area contributed by atoms with Crippen LogP contribution in [0, 0.1) is 0 Å². The highest BCUT2D eigenvalue weighted by molar-refractivity contribution is 5.71. The fourth-order valence-corrected chi connectivity index (χ4v) is 7.47. The Hall–Kier alpha value is -5.49. The third-order valence-corrected chi connectivity index (χ3v) is 11.9. The molecule has 0 spiro atoms. The molecule has 0 bridgehead atoms. The SMILES string of the molecule is CC/C=C\C/C=C\C/C=C\C/C=C\C/C=C\C/C=C\C/C=C\CCCCCC(=O)OCC(COC(=O)CCCCCCCCC/C=C\C/C=C\C/C=C\CC)OC(=O)CCC/C=C\C/C=C\C/C=C\C/C=C\C/C=C\CC. The second-order valence-electron chi connectivity index (χ2n) is 19.1. The van der Waals surface area contributed by atoms with Gasteiger partial charge in [-0.3, -0.25) is 14.4 Å². The molecule has 0 fully saturated rings. The van der Waals surface area contributed by atoms with Gasteiger partial charge >= 0.3 is 17.9 Å². The third kappa shape index (κ3) is 61.2. The van der Waals surface area contributed by atoms with E-state index in [1.54, 1.807) is 0 Å². The van der Waals surface area contributed by atoms with Crippen molar-refractivity contribution in [1.82, 2.24) is 0 Å². The molecule has 0 N–H and O–H groups in total. The highest BCUT2D eigenvalue weighted by Crippen LogP contribution is 2.13. The van der Waals surface area contributed by atoms with E-state index in [-0.39, 0.29) is 37.5 Å². The standard InChI is InChI=1S/C71H108O6/c1-4-7-10-13-16-19-22-25-28-31-32-33-34-35-36-37-38-41-43-46-49-52-55-58-61-64-70(73)76-67-68(77-71(74)65-62-59-56-53-50-47-44-40-30-27-24-21-18-15-12-9-6-3)66-75-69(72)63-60-57-54-51-48-45-42-39-29-26-23-20-17-14-11-8-5-2/h7-12,16-21,25-30,32-33,35-36,38,41,44,46-47,49,53,56,68H,4-6,13-15,22-24,31,34,37,39-40,42-43,45,48,50-52,54-55,57-67H2,1-3H3/b10-7-,11-8-,12-9-,19-16-,20-17-,21-18-,28-25-,29-26-,30-27-,33-32-,36-35-,41-38-,47-44-,49-46-,56-53-. The van der Waals surface area contributed by atoms with Crippen molar-refractivity contribution in [3.05, 3.63) is 182 Å². The van der Waals surface area contributed by atoms with E-state index in [1.165, 1.54) is 25.7 Å². The van der Waals surface area contributed by atoms with Gasteiger partial charge in [0.05, 0.1) is 0 Å². The van der Waals surface area contributed by atoms with Crippen LogP contribution in [0.4, 0.5) is 0 Å². The lowest BCUT2D eigenvalue weighted by atomic mass is 10.1. The summed E-state index contributed by atoms with van der Waals surface area (Å²) in [7, 11) is 0. The Balaban J connectivity index is 4.57. The van der Waals surface area contributed by atoms with Crippen LogP contribution in [0.1, 0.15) is 226 Å². The second-order valence-corrected chi connectivity index (χ2v) is 19.1. The zero-order chi connectivity index (χ0) is 55.7. The Morgan fingerprint density at radius 2 is 0.481 bits per heavy atom. The molecule has 1 unspecified atom stereocenters. The first-order valence-corrected chi connectivity index (χ1v) is 30.3. The van der Waals surface area contributed by atoms with Crippen LogP contribution >= 0.6 is 0 Å². The van der Waals surface area contributed by atoms with Crippen molar-refractivity contribution >= 4 is 17.9 Å². The summed E-state index contributed by atoms with van der Waals surface area (Å²) in [5, 5.41) is 0. The third-order valence-electron chi connectivity index (χ3n) is 11.9. The number of carbonyl (C=O) groups is 3. The maximum absolute atomic E-state index is 12.9. The van der Waals surface area contributed by atoms with Crippen LogP contribution in [0.25, 0.3) is 0 Å².